The first kappa shape index (κ1) is 11.4. The van der Waals surface area contributed by atoms with E-state index in [2.05, 4.69) is 21.0 Å². The smallest absolute Gasteiger partial charge is 0.0860 e. The first-order chi connectivity index (χ1) is 7.65. The topological polar surface area (TPSA) is 38.0 Å². The van der Waals surface area contributed by atoms with Crippen molar-refractivity contribution in [2.75, 3.05) is 0 Å². The molecule has 1 atom stereocenters. The molecule has 0 bridgehead atoms. The minimum Gasteiger partial charge on any atom is -0.388 e. The maximum atomic E-state index is 9.99. The summed E-state index contributed by atoms with van der Waals surface area (Å²) in [6.07, 6.45) is 3.65. The Morgan fingerprint density at radius 3 is 2.62 bits per heavy atom. The lowest BCUT2D eigenvalue weighted by molar-refractivity contribution is 0.178. The minimum atomic E-state index is -0.491. The Morgan fingerprint density at radius 2 is 2.06 bits per heavy atom. The zero-order chi connectivity index (χ0) is 11.5. The molecular formula is C12H13BrN2O. The van der Waals surface area contributed by atoms with Crippen molar-refractivity contribution in [3.8, 4) is 0 Å². The second-order valence-corrected chi connectivity index (χ2v) is 4.71. The van der Waals surface area contributed by atoms with Crippen LogP contribution in [-0.4, -0.2) is 14.9 Å². The molecule has 1 N–H and O–H groups in total. The van der Waals surface area contributed by atoms with Gasteiger partial charge in [-0.3, -0.25) is 4.68 Å². The Morgan fingerprint density at radius 1 is 1.38 bits per heavy atom. The monoisotopic (exact) mass is 280 g/mol. The van der Waals surface area contributed by atoms with E-state index < -0.39 is 6.10 Å². The van der Waals surface area contributed by atoms with Gasteiger partial charge in [-0.15, -0.1) is 0 Å². The van der Waals surface area contributed by atoms with Gasteiger partial charge in [0.15, 0.2) is 0 Å². The predicted molar refractivity (Wildman–Crippen MR) is 66.0 cm³/mol. The normalized spacial score (nSPS) is 12.7. The summed E-state index contributed by atoms with van der Waals surface area (Å²) in [6.45, 7) is 0. The number of aryl methyl sites for hydroxylation is 1. The molecule has 0 saturated carbocycles. The molecule has 84 valence electrons. The van der Waals surface area contributed by atoms with Gasteiger partial charge < -0.3 is 5.11 Å². The second-order valence-electron chi connectivity index (χ2n) is 3.79. The molecule has 2 rings (SSSR count). The summed E-state index contributed by atoms with van der Waals surface area (Å²) < 4.78 is 2.74. The van der Waals surface area contributed by atoms with Gasteiger partial charge in [0, 0.05) is 29.7 Å². The van der Waals surface area contributed by atoms with Crippen LogP contribution in [0.1, 0.15) is 17.2 Å². The highest BCUT2D eigenvalue weighted by molar-refractivity contribution is 9.10. The van der Waals surface area contributed by atoms with E-state index in [0.717, 1.165) is 15.6 Å². The van der Waals surface area contributed by atoms with Gasteiger partial charge >= 0.3 is 0 Å². The first-order valence-corrected chi connectivity index (χ1v) is 5.85. The molecule has 0 spiro atoms. The maximum Gasteiger partial charge on any atom is 0.0860 e. The van der Waals surface area contributed by atoms with Crippen LogP contribution in [0.5, 0.6) is 0 Å². The van der Waals surface area contributed by atoms with Crippen molar-refractivity contribution in [1.29, 1.82) is 0 Å². The third-order valence-corrected chi connectivity index (χ3v) is 2.98. The van der Waals surface area contributed by atoms with Crippen LogP contribution in [0.4, 0.5) is 0 Å². The lowest BCUT2D eigenvalue weighted by atomic mass is 10.0. The lowest BCUT2D eigenvalue weighted by Gasteiger charge is -2.08. The van der Waals surface area contributed by atoms with E-state index in [0.29, 0.717) is 6.42 Å². The zero-order valence-corrected chi connectivity index (χ0v) is 10.6. The average Bonchev–Trinajstić information content (AvgIpc) is 2.68. The molecule has 0 aliphatic rings. The van der Waals surface area contributed by atoms with Crippen molar-refractivity contribution >= 4 is 15.9 Å². The highest BCUT2D eigenvalue weighted by Gasteiger charge is 2.10. The number of aromatic nitrogens is 2. The van der Waals surface area contributed by atoms with Crippen LogP contribution < -0.4 is 0 Å². The number of nitrogens with zero attached hydrogens (tertiary/aromatic N) is 2. The van der Waals surface area contributed by atoms with Crippen molar-refractivity contribution in [2.45, 2.75) is 12.5 Å². The summed E-state index contributed by atoms with van der Waals surface area (Å²) >= 11 is 3.38. The van der Waals surface area contributed by atoms with Crippen LogP contribution >= 0.6 is 15.9 Å². The molecule has 0 radical (unpaired) electrons. The van der Waals surface area contributed by atoms with Crippen LogP contribution in [0.15, 0.2) is 41.1 Å². The summed E-state index contributed by atoms with van der Waals surface area (Å²) in [7, 11) is 1.84. The quantitative estimate of drug-likeness (QED) is 0.938. The summed E-state index contributed by atoms with van der Waals surface area (Å²) in [5, 5.41) is 14.0. The van der Waals surface area contributed by atoms with Gasteiger partial charge in [0.25, 0.3) is 0 Å². The van der Waals surface area contributed by atoms with Crippen molar-refractivity contribution < 1.29 is 5.11 Å². The Hall–Kier alpha value is -1.13. The van der Waals surface area contributed by atoms with E-state index in [1.54, 1.807) is 10.9 Å². The fraction of sp³-hybridized carbons (Fsp3) is 0.250. The van der Waals surface area contributed by atoms with Crippen molar-refractivity contribution in [2.24, 2.45) is 7.05 Å². The Kier molecular flexibility index (Phi) is 3.41. The molecule has 0 fully saturated rings. The molecular weight excluding hydrogens is 268 g/mol. The van der Waals surface area contributed by atoms with Gasteiger partial charge in [-0.05, 0) is 17.7 Å². The average molecular weight is 281 g/mol. The lowest BCUT2D eigenvalue weighted by Crippen LogP contribution is -2.00. The van der Waals surface area contributed by atoms with Crippen LogP contribution in [0, 0.1) is 0 Å². The molecule has 1 aromatic carbocycles. The van der Waals surface area contributed by atoms with E-state index in [-0.39, 0.29) is 0 Å². The molecule has 1 heterocycles. The molecule has 16 heavy (non-hydrogen) atoms. The number of aliphatic hydroxyl groups excluding tert-OH is 1. The molecule has 1 aromatic heterocycles. The Bertz CT molecular complexity index is 464. The third kappa shape index (κ3) is 2.71. The first-order valence-electron chi connectivity index (χ1n) is 5.06. The molecule has 3 nitrogen and oxygen atoms in total. The van der Waals surface area contributed by atoms with Crippen LogP contribution in [0.25, 0.3) is 0 Å². The van der Waals surface area contributed by atoms with E-state index >= 15 is 0 Å². The van der Waals surface area contributed by atoms with Crippen molar-refractivity contribution in [3.05, 3.63) is 52.3 Å². The zero-order valence-electron chi connectivity index (χ0n) is 8.97. The van der Waals surface area contributed by atoms with E-state index in [4.69, 9.17) is 0 Å². The van der Waals surface area contributed by atoms with Gasteiger partial charge in [0.05, 0.1) is 12.3 Å². The van der Waals surface area contributed by atoms with E-state index in [1.165, 1.54) is 0 Å². The number of hydrogen-bond acceptors (Lipinski definition) is 2. The third-order valence-electron chi connectivity index (χ3n) is 2.45. The summed E-state index contributed by atoms with van der Waals surface area (Å²) in [5.74, 6) is 0. The van der Waals surface area contributed by atoms with Gasteiger partial charge in [0.1, 0.15) is 0 Å². The SMILES string of the molecule is Cn1cc(C(O)Cc2ccc(Br)cc2)cn1. The summed E-state index contributed by atoms with van der Waals surface area (Å²) in [4.78, 5) is 0. The molecule has 1 unspecified atom stereocenters. The van der Waals surface area contributed by atoms with E-state index in [9.17, 15) is 5.11 Å². The second kappa shape index (κ2) is 4.80. The minimum absolute atomic E-state index is 0.491. The predicted octanol–water partition coefficient (Wildman–Crippen LogP) is 2.46. The summed E-state index contributed by atoms with van der Waals surface area (Å²) in [5.41, 5.74) is 1.96. The largest absolute Gasteiger partial charge is 0.388 e. The Balaban J connectivity index is 2.07. The Labute approximate surface area is 103 Å². The van der Waals surface area contributed by atoms with E-state index in [1.807, 2.05) is 37.5 Å². The number of aliphatic hydroxyl groups is 1. The fourth-order valence-electron chi connectivity index (χ4n) is 1.57. The van der Waals surface area contributed by atoms with Gasteiger partial charge in [-0.25, -0.2) is 0 Å². The molecule has 2 aromatic rings. The number of halogens is 1. The van der Waals surface area contributed by atoms with Gasteiger partial charge in [0.2, 0.25) is 0 Å². The summed E-state index contributed by atoms with van der Waals surface area (Å²) in [6, 6.07) is 7.96. The molecule has 0 aliphatic carbocycles. The fourth-order valence-corrected chi connectivity index (χ4v) is 1.84. The van der Waals surface area contributed by atoms with Gasteiger partial charge in [-0.2, -0.15) is 5.10 Å². The number of benzene rings is 1. The van der Waals surface area contributed by atoms with Crippen LogP contribution in [-0.2, 0) is 13.5 Å². The van der Waals surface area contributed by atoms with Crippen LogP contribution in [0.2, 0.25) is 0 Å². The maximum absolute atomic E-state index is 9.99. The van der Waals surface area contributed by atoms with Crippen molar-refractivity contribution in [3.63, 3.8) is 0 Å². The molecule has 0 aliphatic heterocycles. The highest BCUT2D eigenvalue weighted by Crippen LogP contribution is 2.19. The highest BCUT2D eigenvalue weighted by atomic mass is 79.9. The molecule has 4 heteroatoms. The number of hydrogen-bond donors (Lipinski definition) is 1. The van der Waals surface area contributed by atoms with Crippen LogP contribution in [0.3, 0.4) is 0 Å². The number of rotatable bonds is 3. The van der Waals surface area contributed by atoms with Gasteiger partial charge in [-0.1, -0.05) is 28.1 Å². The molecule has 0 saturated heterocycles. The molecule has 0 amide bonds. The van der Waals surface area contributed by atoms with Crippen molar-refractivity contribution in [1.82, 2.24) is 9.78 Å². The standard InChI is InChI=1S/C12H13BrN2O/c1-15-8-10(7-14-15)12(16)6-9-2-4-11(13)5-3-9/h2-5,7-8,12,16H,6H2,1H3.